The first-order valence-corrected chi connectivity index (χ1v) is 11.2. The number of pyridine rings is 1. The van der Waals surface area contributed by atoms with Crippen LogP contribution < -0.4 is 10.1 Å². The number of carboxylic acid groups (broad SMARTS) is 1. The van der Waals surface area contributed by atoms with Gasteiger partial charge in [0.2, 0.25) is 0 Å². The fraction of sp³-hybridized carbons (Fsp3) is 0.417. The van der Waals surface area contributed by atoms with E-state index in [1.54, 1.807) is 11.3 Å². The minimum absolute atomic E-state index is 0.604. The van der Waals surface area contributed by atoms with Crippen molar-refractivity contribution in [3.63, 3.8) is 0 Å². The average Bonchev–Trinajstić information content (AvgIpc) is 3.05. The molecule has 2 N–H and O–H groups in total. The Balaban J connectivity index is 2.06. The van der Waals surface area contributed by atoms with E-state index >= 15 is 0 Å². The number of rotatable bonds is 4. The van der Waals surface area contributed by atoms with Gasteiger partial charge in [-0.15, -0.1) is 11.3 Å². The van der Waals surface area contributed by atoms with Crippen LogP contribution in [-0.4, -0.2) is 34.8 Å². The van der Waals surface area contributed by atoms with E-state index in [4.69, 9.17) is 14.5 Å². The van der Waals surface area contributed by atoms with Crippen molar-refractivity contribution in [2.45, 2.75) is 53.2 Å². The number of fused-ring (bicyclic) bond motifs is 2. The van der Waals surface area contributed by atoms with E-state index in [1.165, 1.54) is 0 Å². The van der Waals surface area contributed by atoms with E-state index in [2.05, 4.69) is 11.4 Å². The molecule has 0 saturated heterocycles. The van der Waals surface area contributed by atoms with Crippen molar-refractivity contribution in [2.75, 3.05) is 18.5 Å². The topological polar surface area (TPSA) is 80.7 Å². The normalized spacial score (nSPS) is 14.6. The number of aryl methyl sites for hydroxylation is 2. The number of nitrogens with one attached hydrogen (secondary N) is 1. The molecule has 0 unspecified atom stereocenters. The molecule has 1 atom stereocenters. The Morgan fingerprint density at radius 3 is 2.71 bits per heavy atom. The van der Waals surface area contributed by atoms with Gasteiger partial charge in [-0.05, 0) is 64.8 Å². The third kappa shape index (κ3) is 4.00. The van der Waals surface area contributed by atoms with Gasteiger partial charge in [-0.3, -0.25) is 0 Å². The van der Waals surface area contributed by atoms with Gasteiger partial charge in [0.25, 0.3) is 0 Å². The summed E-state index contributed by atoms with van der Waals surface area (Å²) in [5.41, 5.74) is 4.45. The van der Waals surface area contributed by atoms with Crippen LogP contribution in [0.4, 0.5) is 5.69 Å². The van der Waals surface area contributed by atoms with Gasteiger partial charge in [-0.2, -0.15) is 0 Å². The maximum absolute atomic E-state index is 12.4. The minimum atomic E-state index is -1.13. The molecule has 2 aromatic heterocycles. The molecule has 0 saturated carbocycles. The Bertz CT molecular complexity index is 1180. The molecule has 3 heterocycles. The highest BCUT2D eigenvalue weighted by Gasteiger charge is 2.33. The summed E-state index contributed by atoms with van der Waals surface area (Å²) in [6.07, 6.45) is -1.13. The highest BCUT2D eigenvalue weighted by atomic mass is 32.1. The monoisotopic (exact) mass is 440 g/mol. The third-order valence-electron chi connectivity index (χ3n) is 5.35. The van der Waals surface area contributed by atoms with Crippen molar-refractivity contribution < 1.29 is 19.4 Å². The lowest BCUT2D eigenvalue weighted by molar-refractivity contribution is -0.160. The fourth-order valence-electron chi connectivity index (χ4n) is 4.13. The van der Waals surface area contributed by atoms with Gasteiger partial charge in [-0.25, -0.2) is 9.78 Å². The van der Waals surface area contributed by atoms with Crippen LogP contribution in [0.25, 0.3) is 21.3 Å². The van der Waals surface area contributed by atoms with Crippen LogP contribution in [-0.2, 0) is 9.53 Å². The van der Waals surface area contributed by atoms with Gasteiger partial charge in [-0.1, -0.05) is 6.07 Å². The first kappa shape index (κ1) is 21.6. The Labute approximate surface area is 186 Å². The molecule has 1 aliphatic rings. The van der Waals surface area contributed by atoms with E-state index in [1.807, 2.05) is 53.7 Å². The second-order valence-electron chi connectivity index (χ2n) is 8.90. The molecule has 0 aliphatic carbocycles. The Morgan fingerprint density at radius 2 is 2.03 bits per heavy atom. The van der Waals surface area contributed by atoms with Crippen LogP contribution >= 0.6 is 11.3 Å². The van der Waals surface area contributed by atoms with E-state index in [0.29, 0.717) is 17.9 Å². The number of aromatic nitrogens is 1. The van der Waals surface area contributed by atoms with Crippen LogP contribution in [0.2, 0.25) is 0 Å². The SMILES string of the molecule is Cc1cc2c(-c3ccc4c(c3C)NCCO4)c([C@H](OC(C)(C)C)C(=O)O)c(C)nc2s1. The lowest BCUT2D eigenvalue weighted by Crippen LogP contribution is -2.28. The van der Waals surface area contributed by atoms with Crippen molar-refractivity contribution in [1.29, 1.82) is 0 Å². The van der Waals surface area contributed by atoms with E-state index < -0.39 is 17.7 Å². The minimum Gasteiger partial charge on any atom is -0.490 e. The summed E-state index contributed by atoms with van der Waals surface area (Å²) in [6, 6.07) is 6.06. The molecule has 0 spiro atoms. The lowest BCUT2D eigenvalue weighted by atomic mass is 9.89. The summed E-state index contributed by atoms with van der Waals surface area (Å²) in [6.45, 7) is 12.9. The standard InChI is InChI=1S/C24H28N2O4S/c1-12-11-16-19(15-7-8-17-20(13(15)2)25-9-10-29-17)18(14(3)26-22(16)31-12)21(23(27)28)30-24(4,5)6/h7-8,11,21,25H,9-10H2,1-6H3,(H,27,28)/t21-/m0/s1. The summed E-state index contributed by atoms with van der Waals surface area (Å²) < 4.78 is 11.9. The number of ether oxygens (including phenoxy) is 2. The van der Waals surface area contributed by atoms with E-state index in [-0.39, 0.29) is 0 Å². The molecule has 0 amide bonds. The Kier molecular flexibility index (Phi) is 5.43. The Hall–Kier alpha value is -2.64. The van der Waals surface area contributed by atoms with Crippen molar-refractivity contribution in [3.05, 3.63) is 39.9 Å². The largest absolute Gasteiger partial charge is 0.490 e. The van der Waals surface area contributed by atoms with Gasteiger partial charge in [0.15, 0.2) is 6.10 Å². The van der Waals surface area contributed by atoms with Crippen LogP contribution in [0.5, 0.6) is 5.75 Å². The highest BCUT2D eigenvalue weighted by molar-refractivity contribution is 7.18. The zero-order valence-electron chi connectivity index (χ0n) is 18.8. The number of hydrogen-bond acceptors (Lipinski definition) is 6. The summed E-state index contributed by atoms with van der Waals surface area (Å²) in [5, 5.41) is 14.5. The predicted octanol–water partition coefficient (Wildman–Crippen LogP) is 5.63. The number of aliphatic carboxylic acids is 1. The van der Waals surface area contributed by atoms with Gasteiger partial charge in [0.1, 0.15) is 17.2 Å². The van der Waals surface area contributed by atoms with Gasteiger partial charge in [0.05, 0.1) is 11.3 Å². The van der Waals surface area contributed by atoms with Gasteiger partial charge >= 0.3 is 5.97 Å². The number of hydrogen-bond donors (Lipinski definition) is 2. The highest BCUT2D eigenvalue weighted by Crippen LogP contribution is 2.45. The first-order valence-electron chi connectivity index (χ1n) is 10.4. The molecule has 1 aliphatic heterocycles. The number of carbonyl (C=O) groups is 1. The van der Waals surface area contributed by atoms with Crippen LogP contribution in [0.3, 0.4) is 0 Å². The molecule has 0 fully saturated rings. The number of nitrogens with zero attached hydrogens (tertiary/aromatic N) is 1. The molecule has 164 valence electrons. The van der Waals surface area contributed by atoms with Crippen molar-refractivity contribution >= 4 is 33.2 Å². The van der Waals surface area contributed by atoms with Crippen LogP contribution in [0, 0.1) is 20.8 Å². The molecular weight excluding hydrogens is 412 g/mol. The molecule has 0 bridgehead atoms. The molecule has 6 nitrogen and oxygen atoms in total. The molecule has 1 aromatic carbocycles. The average molecular weight is 441 g/mol. The van der Waals surface area contributed by atoms with Gasteiger partial charge in [0, 0.05) is 33.6 Å². The number of benzene rings is 1. The van der Waals surface area contributed by atoms with Crippen LogP contribution in [0.1, 0.15) is 48.6 Å². The molecular formula is C24H28N2O4S. The van der Waals surface area contributed by atoms with Crippen LogP contribution in [0.15, 0.2) is 18.2 Å². The Morgan fingerprint density at radius 1 is 1.29 bits per heavy atom. The molecule has 0 radical (unpaired) electrons. The number of anilines is 1. The smallest absolute Gasteiger partial charge is 0.337 e. The zero-order valence-corrected chi connectivity index (χ0v) is 19.6. The fourth-order valence-corrected chi connectivity index (χ4v) is 5.07. The first-order chi connectivity index (χ1) is 14.6. The lowest BCUT2D eigenvalue weighted by Gasteiger charge is -2.29. The third-order valence-corrected chi connectivity index (χ3v) is 6.29. The quantitative estimate of drug-likeness (QED) is 0.547. The predicted molar refractivity (Wildman–Crippen MR) is 124 cm³/mol. The number of thiophene rings is 1. The summed E-state index contributed by atoms with van der Waals surface area (Å²) in [7, 11) is 0. The van der Waals surface area contributed by atoms with Crippen molar-refractivity contribution in [3.8, 4) is 16.9 Å². The van der Waals surface area contributed by atoms with E-state index in [0.717, 1.165) is 49.8 Å². The van der Waals surface area contributed by atoms with E-state index in [9.17, 15) is 9.90 Å². The maximum Gasteiger partial charge on any atom is 0.337 e. The molecule has 7 heteroatoms. The molecule has 31 heavy (non-hydrogen) atoms. The second-order valence-corrected chi connectivity index (χ2v) is 10.1. The van der Waals surface area contributed by atoms with Crippen molar-refractivity contribution in [1.82, 2.24) is 4.98 Å². The van der Waals surface area contributed by atoms with Crippen molar-refractivity contribution in [2.24, 2.45) is 0 Å². The van der Waals surface area contributed by atoms with Gasteiger partial charge < -0.3 is 19.9 Å². The summed E-state index contributed by atoms with van der Waals surface area (Å²) >= 11 is 1.61. The summed E-state index contributed by atoms with van der Waals surface area (Å²) in [4.78, 5) is 19.2. The maximum atomic E-state index is 12.4. The molecule has 3 aromatic rings. The number of carboxylic acids is 1. The summed E-state index contributed by atoms with van der Waals surface area (Å²) in [5.74, 6) is -0.206. The second kappa shape index (κ2) is 7.80. The zero-order chi connectivity index (χ0) is 22.5. The molecule has 4 rings (SSSR count).